The van der Waals surface area contributed by atoms with Gasteiger partial charge in [-0.05, 0) is 26.8 Å². The number of nitro groups is 1. The van der Waals surface area contributed by atoms with Gasteiger partial charge in [0.2, 0.25) is 0 Å². The van der Waals surface area contributed by atoms with E-state index in [9.17, 15) is 10.1 Å². The van der Waals surface area contributed by atoms with Crippen LogP contribution in [0.1, 0.15) is 20.8 Å². The number of nitrogens with two attached hydrogens (primary N) is 1. The van der Waals surface area contributed by atoms with Crippen molar-refractivity contribution in [3.8, 4) is 0 Å². The zero-order chi connectivity index (χ0) is 12.3. The van der Waals surface area contributed by atoms with Crippen LogP contribution < -0.4 is 10.6 Å². The number of nitrogen functional groups attached to an aromatic ring is 1. The van der Waals surface area contributed by atoms with Crippen LogP contribution in [0.3, 0.4) is 0 Å². The van der Waals surface area contributed by atoms with Crippen LogP contribution in [-0.4, -0.2) is 17.5 Å². The summed E-state index contributed by atoms with van der Waals surface area (Å²) in [4.78, 5) is 12.4. The molecule has 16 heavy (non-hydrogen) atoms. The van der Waals surface area contributed by atoms with E-state index in [1.54, 1.807) is 12.1 Å². The fourth-order valence-corrected chi connectivity index (χ4v) is 1.74. The molecule has 0 unspecified atom stereocenters. The smallest absolute Gasteiger partial charge is 0.273 e. The van der Waals surface area contributed by atoms with Crippen molar-refractivity contribution < 1.29 is 4.92 Å². The molecule has 1 aromatic rings. The Balaban J connectivity index is 3.17. The molecule has 0 saturated carbocycles. The van der Waals surface area contributed by atoms with Crippen LogP contribution in [0, 0.1) is 10.1 Å². The van der Waals surface area contributed by atoms with Gasteiger partial charge in [0.15, 0.2) is 0 Å². The van der Waals surface area contributed by atoms with Crippen LogP contribution in [0.25, 0.3) is 0 Å². The second-order valence-corrected chi connectivity index (χ2v) is 3.92. The minimum absolute atomic E-state index is 0.0362. The number of hydrogen-bond donors (Lipinski definition) is 1. The van der Waals surface area contributed by atoms with E-state index in [1.165, 1.54) is 6.07 Å². The fourth-order valence-electron chi connectivity index (χ4n) is 1.74. The average molecular weight is 223 g/mol. The Bertz CT molecular complexity index is 391. The molecular weight excluding hydrogens is 206 g/mol. The largest absolute Gasteiger partial charge is 0.398 e. The second kappa shape index (κ2) is 4.83. The number of benzene rings is 1. The Kier molecular flexibility index (Phi) is 3.71. The molecule has 2 N–H and O–H groups in total. The standard InChI is InChI=1S/C11H17N3O2/c1-4-13(8(2)3)10-5-9(12)6-11(7-10)14(15)16/h5-8H,4,12H2,1-3H3. The van der Waals surface area contributed by atoms with Gasteiger partial charge in [-0.3, -0.25) is 10.1 Å². The normalized spacial score (nSPS) is 10.5. The van der Waals surface area contributed by atoms with Gasteiger partial charge in [-0.25, -0.2) is 0 Å². The first-order valence-electron chi connectivity index (χ1n) is 5.27. The molecule has 0 bridgehead atoms. The highest BCUT2D eigenvalue weighted by atomic mass is 16.6. The molecule has 0 amide bonds. The van der Waals surface area contributed by atoms with Crippen molar-refractivity contribution in [2.24, 2.45) is 0 Å². The van der Waals surface area contributed by atoms with Crippen molar-refractivity contribution in [2.45, 2.75) is 26.8 Å². The third kappa shape index (κ3) is 2.62. The zero-order valence-electron chi connectivity index (χ0n) is 9.80. The van der Waals surface area contributed by atoms with E-state index in [1.807, 2.05) is 20.8 Å². The fraction of sp³-hybridized carbons (Fsp3) is 0.455. The second-order valence-electron chi connectivity index (χ2n) is 3.92. The Morgan fingerprint density at radius 3 is 2.50 bits per heavy atom. The summed E-state index contributed by atoms with van der Waals surface area (Å²) in [7, 11) is 0. The van der Waals surface area contributed by atoms with Gasteiger partial charge in [-0.2, -0.15) is 0 Å². The van der Waals surface area contributed by atoms with Gasteiger partial charge in [-0.1, -0.05) is 0 Å². The Labute approximate surface area is 95.0 Å². The minimum atomic E-state index is -0.423. The van der Waals surface area contributed by atoms with E-state index in [0.29, 0.717) is 5.69 Å². The van der Waals surface area contributed by atoms with Crippen molar-refractivity contribution in [3.05, 3.63) is 28.3 Å². The molecule has 0 aliphatic rings. The van der Waals surface area contributed by atoms with Gasteiger partial charge >= 0.3 is 0 Å². The van der Waals surface area contributed by atoms with Gasteiger partial charge < -0.3 is 10.6 Å². The maximum atomic E-state index is 10.7. The molecular formula is C11H17N3O2. The number of rotatable bonds is 4. The molecule has 1 aromatic carbocycles. The van der Waals surface area contributed by atoms with Gasteiger partial charge in [0.05, 0.1) is 4.92 Å². The maximum Gasteiger partial charge on any atom is 0.273 e. The van der Waals surface area contributed by atoms with Crippen LogP contribution in [0.2, 0.25) is 0 Å². The molecule has 0 heterocycles. The molecule has 0 fully saturated rings. The molecule has 5 nitrogen and oxygen atoms in total. The molecule has 0 aliphatic heterocycles. The first kappa shape index (κ1) is 12.3. The number of hydrogen-bond acceptors (Lipinski definition) is 4. The van der Waals surface area contributed by atoms with Gasteiger partial charge in [0, 0.05) is 36.1 Å². The van der Waals surface area contributed by atoms with E-state index < -0.39 is 4.92 Å². The Hall–Kier alpha value is -1.78. The molecule has 0 aliphatic carbocycles. The van der Waals surface area contributed by atoms with Crippen molar-refractivity contribution in [1.82, 2.24) is 0 Å². The summed E-state index contributed by atoms with van der Waals surface area (Å²) in [6.45, 7) is 6.88. The third-order valence-corrected chi connectivity index (χ3v) is 2.43. The first-order valence-corrected chi connectivity index (χ1v) is 5.27. The Morgan fingerprint density at radius 2 is 2.06 bits per heavy atom. The quantitative estimate of drug-likeness (QED) is 0.483. The van der Waals surface area contributed by atoms with Gasteiger partial charge in [0.25, 0.3) is 5.69 Å². The molecule has 0 saturated heterocycles. The number of anilines is 2. The van der Waals surface area contributed by atoms with Crippen molar-refractivity contribution in [1.29, 1.82) is 0 Å². The monoisotopic (exact) mass is 223 g/mol. The molecule has 0 radical (unpaired) electrons. The topological polar surface area (TPSA) is 72.4 Å². The predicted octanol–water partition coefficient (Wildman–Crippen LogP) is 2.41. The lowest BCUT2D eigenvalue weighted by molar-refractivity contribution is -0.384. The summed E-state index contributed by atoms with van der Waals surface area (Å²) >= 11 is 0. The van der Waals surface area contributed by atoms with Crippen LogP contribution >= 0.6 is 0 Å². The molecule has 0 atom stereocenters. The van der Waals surface area contributed by atoms with Gasteiger partial charge in [-0.15, -0.1) is 0 Å². The summed E-state index contributed by atoms with van der Waals surface area (Å²) in [6, 6.07) is 4.97. The summed E-state index contributed by atoms with van der Waals surface area (Å²) in [5.74, 6) is 0. The molecule has 1 rings (SSSR count). The SMILES string of the molecule is CCN(c1cc(N)cc([N+](=O)[O-])c1)C(C)C. The molecule has 5 heteroatoms. The number of non-ortho nitro benzene ring substituents is 1. The predicted molar refractivity (Wildman–Crippen MR) is 65.7 cm³/mol. The Morgan fingerprint density at radius 1 is 1.44 bits per heavy atom. The van der Waals surface area contributed by atoms with Crippen LogP contribution in [0.15, 0.2) is 18.2 Å². The average Bonchev–Trinajstić information content (AvgIpc) is 2.17. The van der Waals surface area contributed by atoms with E-state index in [0.717, 1.165) is 12.2 Å². The van der Waals surface area contributed by atoms with Crippen LogP contribution in [0.5, 0.6) is 0 Å². The molecule has 0 aromatic heterocycles. The zero-order valence-corrected chi connectivity index (χ0v) is 9.80. The van der Waals surface area contributed by atoms with Crippen LogP contribution in [-0.2, 0) is 0 Å². The summed E-state index contributed by atoms with van der Waals surface area (Å²) in [5.41, 5.74) is 6.91. The summed E-state index contributed by atoms with van der Waals surface area (Å²) in [6.07, 6.45) is 0. The third-order valence-electron chi connectivity index (χ3n) is 2.43. The number of nitro benzene ring substituents is 1. The van der Waals surface area contributed by atoms with Crippen molar-refractivity contribution >= 4 is 17.1 Å². The molecule has 88 valence electrons. The van der Waals surface area contributed by atoms with E-state index in [2.05, 4.69) is 4.90 Å². The number of nitrogens with zero attached hydrogens (tertiary/aromatic N) is 2. The first-order chi connectivity index (χ1) is 7.45. The molecule has 0 spiro atoms. The minimum Gasteiger partial charge on any atom is -0.398 e. The lowest BCUT2D eigenvalue weighted by Crippen LogP contribution is -2.30. The van der Waals surface area contributed by atoms with E-state index >= 15 is 0 Å². The van der Waals surface area contributed by atoms with Crippen molar-refractivity contribution in [3.63, 3.8) is 0 Å². The van der Waals surface area contributed by atoms with E-state index in [-0.39, 0.29) is 11.7 Å². The van der Waals surface area contributed by atoms with E-state index in [4.69, 9.17) is 5.73 Å². The summed E-state index contributed by atoms with van der Waals surface area (Å²) in [5, 5.41) is 10.7. The lowest BCUT2D eigenvalue weighted by atomic mass is 10.2. The lowest BCUT2D eigenvalue weighted by Gasteiger charge is -2.27. The van der Waals surface area contributed by atoms with Crippen LogP contribution in [0.4, 0.5) is 17.1 Å². The van der Waals surface area contributed by atoms with Crippen molar-refractivity contribution in [2.75, 3.05) is 17.2 Å². The highest BCUT2D eigenvalue weighted by Crippen LogP contribution is 2.26. The maximum absolute atomic E-state index is 10.7. The highest BCUT2D eigenvalue weighted by molar-refractivity contribution is 5.63. The summed E-state index contributed by atoms with van der Waals surface area (Å²) < 4.78 is 0. The van der Waals surface area contributed by atoms with Gasteiger partial charge in [0.1, 0.15) is 0 Å². The highest BCUT2D eigenvalue weighted by Gasteiger charge is 2.14.